The van der Waals surface area contributed by atoms with Gasteiger partial charge >= 0.3 is 0 Å². The third-order valence-electron chi connectivity index (χ3n) is 2.88. The second-order valence-electron chi connectivity index (χ2n) is 4.21. The lowest BCUT2D eigenvalue weighted by Crippen LogP contribution is -2.25. The SMILES string of the molecule is COCCC(C)C(C)(C)CCN. The van der Waals surface area contributed by atoms with E-state index in [2.05, 4.69) is 20.8 Å². The van der Waals surface area contributed by atoms with Crippen LogP contribution in [-0.4, -0.2) is 20.3 Å². The van der Waals surface area contributed by atoms with Crippen LogP contribution >= 0.6 is 0 Å². The van der Waals surface area contributed by atoms with Crippen molar-refractivity contribution in [3.8, 4) is 0 Å². The molecule has 0 fully saturated rings. The molecule has 0 aromatic carbocycles. The highest BCUT2D eigenvalue weighted by Crippen LogP contribution is 2.31. The smallest absolute Gasteiger partial charge is 0.0465 e. The summed E-state index contributed by atoms with van der Waals surface area (Å²) in [6.07, 6.45) is 2.22. The predicted molar refractivity (Wildman–Crippen MR) is 53.1 cm³/mol. The molecule has 2 nitrogen and oxygen atoms in total. The molecule has 0 aromatic heterocycles. The summed E-state index contributed by atoms with van der Waals surface area (Å²) in [6.45, 7) is 8.47. The molecule has 0 heterocycles. The van der Waals surface area contributed by atoms with E-state index in [0.717, 1.165) is 26.0 Å². The summed E-state index contributed by atoms with van der Waals surface area (Å²) >= 11 is 0. The molecule has 0 aromatic rings. The summed E-state index contributed by atoms with van der Waals surface area (Å²) in [4.78, 5) is 0. The second-order valence-corrected chi connectivity index (χ2v) is 4.21. The van der Waals surface area contributed by atoms with E-state index in [4.69, 9.17) is 10.5 Å². The first-order chi connectivity index (χ1) is 5.54. The molecular formula is C10H23NO. The number of methoxy groups -OCH3 is 1. The highest BCUT2D eigenvalue weighted by atomic mass is 16.5. The van der Waals surface area contributed by atoms with Gasteiger partial charge in [-0.1, -0.05) is 20.8 Å². The predicted octanol–water partition coefficient (Wildman–Crippen LogP) is 2.03. The zero-order chi connectivity index (χ0) is 9.61. The van der Waals surface area contributed by atoms with E-state index in [1.807, 2.05) is 0 Å². The van der Waals surface area contributed by atoms with Crippen molar-refractivity contribution in [2.75, 3.05) is 20.3 Å². The normalized spacial score (nSPS) is 14.8. The van der Waals surface area contributed by atoms with Crippen LogP contribution in [0.2, 0.25) is 0 Å². The molecule has 1 atom stereocenters. The average molecular weight is 173 g/mol. The van der Waals surface area contributed by atoms with Crippen LogP contribution in [0.1, 0.15) is 33.6 Å². The fourth-order valence-electron chi connectivity index (χ4n) is 1.30. The third kappa shape index (κ3) is 4.07. The van der Waals surface area contributed by atoms with Gasteiger partial charge in [0.2, 0.25) is 0 Å². The maximum absolute atomic E-state index is 5.55. The minimum Gasteiger partial charge on any atom is -0.385 e. The van der Waals surface area contributed by atoms with Gasteiger partial charge in [-0.05, 0) is 30.7 Å². The van der Waals surface area contributed by atoms with Crippen molar-refractivity contribution in [3.63, 3.8) is 0 Å². The zero-order valence-corrected chi connectivity index (χ0v) is 8.89. The molecule has 0 saturated carbocycles. The van der Waals surface area contributed by atoms with Crippen LogP contribution in [-0.2, 0) is 4.74 Å². The number of ether oxygens (including phenoxy) is 1. The first kappa shape index (κ1) is 11.9. The topological polar surface area (TPSA) is 35.2 Å². The number of rotatable bonds is 6. The van der Waals surface area contributed by atoms with Crippen molar-refractivity contribution >= 4 is 0 Å². The molecule has 2 heteroatoms. The minimum atomic E-state index is 0.354. The number of nitrogens with two attached hydrogens (primary N) is 1. The highest BCUT2D eigenvalue weighted by molar-refractivity contribution is 4.75. The quantitative estimate of drug-likeness (QED) is 0.667. The molecule has 74 valence electrons. The number of hydrogen-bond donors (Lipinski definition) is 1. The fourth-order valence-corrected chi connectivity index (χ4v) is 1.30. The zero-order valence-electron chi connectivity index (χ0n) is 8.89. The van der Waals surface area contributed by atoms with E-state index in [9.17, 15) is 0 Å². The molecule has 2 N–H and O–H groups in total. The van der Waals surface area contributed by atoms with Gasteiger partial charge < -0.3 is 10.5 Å². The van der Waals surface area contributed by atoms with Gasteiger partial charge in [-0.15, -0.1) is 0 Å². The Morgan fingerprint density at radius 2 is 2.00 bits per heavy atom. The second kappa shape index (κ2) is 5.55. The average Bonchev–Trinajstić information content (AvgIpc) is 2.00. The molecule has 0 radical (unpaired) electrons. The van der Waals surface area contributed by atoms with E-state index in [-0.39, 0.29) is 0 Å². The molecule has 0 amide bonds. The molecule has 0 rings (SSSR count). The van der Waals surface area contributed by atoms with E-state index in [1.54, 1.807) is 7.11 Å². The van der Waals surface area contributed by atoms with E-state index in [0.29, 0.717) is 11.3 Å². The monoisotopic (exact) mass is 173 g/mol. The molecular weight excluding hydrogens is 150 g/mol. The molecule has 0 aliphatic rings. The summed E-state index contributed by atoms with van der Waals surface area (Å²) < 4.78 is 5.05. The van der Waals surface area contributed by atoms with Gasteiger partial charge in [0, 0.05) is 13.7 Å². The summed E-state index contributed by atoms with van der Waals surface area (Å²) in [5, 5.41) is 0. The Kier molecular flexibility index (Phi) is 5.51. The number of hydrogen-bond acceptors (Lipinski definition) is 2. The fraction of sp³-hybridized carbons (Fsp3) is 1.00. The molecule has 1 unspecified atom stereocenters. The Morgan fingerprint density at radius 3 is 2.42 bits per heavy atom. The molecule has 0 aliphatic carbocycles. The summed E-state index contributed by atoms with van der Waals surface area (Å²) in [7, 11) is 1.75. The van der Waals surface area contributed by atoms with Gasteiger partial charge in [0.1, 0.15) is 0 Å². The van der Waals surface area contributed by atoms with E-state index >= 15 is 0 Å². The van der Waals surface area contributed by atoms with Gasteiger partial charge in [-0.3, -0.25) is 0 Å². The molecule has 0 saturated heterocycles. The molecule has 0 bridgehead atoms. The summed E-state index contributed by atoms with van der Waals surface area (Å²) in [5.74, 6) is 0.681. The lowest BCUT2D eigenvalue weighted by molar-refractivity contribution is 0.132. The van der Waals surface area contributed by atoms with E-state index in [1.165, 1.54) is 0 Å². The Morgan fingerprint density at radius 1 is 1.42 bits per heavy atom. The minimum absolute atomic E-state index is 0.354. The van der Waals surface area contributed by atoms with Crippen LogP contribution in [0.25, 0.3) is 0 Å². The Balaban J connectivity index is 3.79. The Hall–Kier alpha value is -0.0800. The van der Waals surface area contributed by atoms with Gasteiger partial charge in [0.05, 0.1) is 0 Å². The highest BCUT2D eigenvalue weighted by Gasteiger charge is 2.24. The van der Waals surface area contributed by atoms with Crippen LogP contribution in [0, 0.1) is 11.3 Å². The third-order valence-corrected chi connectivity index (χ3v) is 2.88. The van der Waals surface area contributed by atoms with Crippen molar-refractivity contribution in [2.45, 2.75) is 33.6 Å². The van der Waals surface area contributed by atoms with Gasteiger partial charge in [-0.25, -0.2) is 0 Å². The first-order valence-corrected chi connectivity index (χ1v) is 4.73. The maximum Gasteiger partial charge on any atom is 0.0465 e. The standard InChI is InChI=1S/C10H23NO/c1-9(5-8-12-4)10(2,3)6-7-11/h9H,5-8,11H2,1-4H3. The van der Waals surface area contributed by atoms with Crippen LogP contribution in [0.5, 0.6) is 0 Å². The largest absolute Gasteiger partial charge is 0.385 e. The van der Waals surface area contributed by atoms with Crippen molar-refractivity contribution in [2.24, 2.45) is 17.1 Å². The molecule has 0 aliphatic heterocycles. The van der Waals surface area contributed by atoms with Crippen molar-refractivity contribution in [1.29, 1.82) is 0 Å². The van der Waals surface area contributed by atoms with Crippen molar-refractivity contribution in [1.82, 2.24) is 0 Å². The van der Waals surface area contributed by atoms with Crippen LogP contribution in [0.15, 0.2) is 0 Å². The Bertz CT molecular complexity index is 112. The summed E-state index contributed by atoms with van der Waals surface area (Å²) in [6, 6.07) is 0. The van der Waals surface area contributed by atoms with Crippen LogP contribution in [0.3, 0.4) is 0 Å². The lowest BCUT2D eigenvalue weighted by atomic mass is 9.76. The van der Waals surface area contributed by atoms with Crippen LogP contribution in [0.4, 0.5) is 0 Å². The van der Waals surface area contributed by atoms with E-state index < -0.39 is 0 Å². The van der Waals surface area contributed by atoms with Crippen molar-refractivity contribution < 1.29 is 4.74 Å². The van der Waals surface area contributed by atoms with Crippen molar-refractivity contribution in [3.05, 3.63) is 0 Å². The van der Waals surface area contributed by atoms with Crippen LogP contribution < -0.4 is 5.73 Å². The Labute approximate surface area is 76.5 Å². The van der Waals surface area contributed by atoms with Gasteiger partial charge in [0.25, 0.3) is 0 Å². The van der Waals surface area contributed by atoms with Gasteiger partial charge in [0.15, 0.2) is 0 Å². The molecule has 0 spiro atoms. The lowest BCUT2D eigenvalue weighted by Gasteiger charge is -2.31. The first-order valence-electron chi connectivity index (χ1n) is 4.73. The maximum atomic E-state index is 5.55. The molecule has 12 heavy (non-hydrogen) atoms. The van der Waals surface area contributed by atoms with Gasteiger partial charge in [-0.2, -0.15) is 0 Å². The summed E-state index contributed by atoms with van der Waals surface area (Å²) in [5.41, 5.74) is 5.90.